The first-order valence-electron chi connectivity index (χ1n) is 9.10. The van der Waals surface area contributed by atoms with Crippen LogP contribution >= 0.6 is 11.3 Å². The molecule has 6 heteroatoms. The lowest BCUT2D eigenvalue weighted by atomic mass is 10.1. The molecule has 28 heavy (non-hydrogen) atoms. The summed E-state index contributed by atoms with van der Waals surface area (Å²) in [6, 6.07) is 13.3. The lowest BCUT2D eigenvalue weighted by Gasteiger charge is -2.06. The third-order valence-corrected chi connectivity index (χ3v) is 5.38. The summed E-state index contributed by atoms with van der Waals surface area (Å²) in [6.07, 6.45) is 0.678. The molecule has 0 aliphatic carbocycles. The van der Waals surface area contributed by atoms with Gasteiger partial charge in [-0.05, 0) is 61.4 Å². The molecule has 0 aliphatic heterocycles. The molecule has 0 bridgehead atoms. The van der Waals surface area contributed by atoms with Crippen molar-refractivity contribution in [2.45, 2.75) is 27.2 Å². The average molecular weight is 394 g/mol. The van der Waals surface area contributed by atoms with Crippen LogP contribution in [0.1, 0.15) is 34.1 Å². The third kappa shape index (κ3) is 5.04. The average Bonchev–Trinajstić information content (AvgIpc) is 3.13. The van der Waals surface area contributed by atoms with Crippen molar-refractivity contribution in [3.63, 3.8) is 0 Å². The summed E-state index contributed by atoms with van der Waals surface area (Å²) in [5.74, 6) is -0.153. The molecule has 144 valence electrons. The number of amides is 2. The third-order valence-electron chi connectivity index (χ3n) is 4.44. The first-order chi connectivity index (χ1) is 13.4. The fourth-order valence-electron chi connectivity index (χ4n) is 2.74. The van der Waals surface area contributed by atoms with Gasteiger partial charge in [-0.1, -0.05) is 6.07 Å². The summed E-state index contributed by atoms with van der Waals surface area (Å²) >= 11 is 1.57. The molecule has 1 aromatic heterocycles. The van der Waals surface area contributed by atoms with Gasteiger partial charge in [0.15, 0.2) is 0 Å². The fraction of sp³-hybridized carbons (Fsp3) is 0.227. The monoisotopic (exact) mass is 393 g/mol. The summed E-state index contributed by atoms with van der Waals surface area (Å²) in [7, 11) is 0. The van der Waals surface area contributed by atoms with Crippen LogP contribution in [0, 0.1) is 13.8 Å². The Labute approximate surface area is 168 Å². The van der Waals surface area contributed by atoms with Crippen molar-refractivity contribution in [1.29, 1.82) is 0 Å². The Balaban J connectivity index is 1.55. The second-order valence-corrected chi connectivity index (χ2v) is 7.57. The van der Waals surface area contributed by atoms with Gasteiger partial charge in [0, 0.05) is 42.1 Å². The summed E-state index contributed by atoms with van der Waals surface area (Å²) < 4.78 is 0. The van der Waals surface area contributed by atoms with Crippen molar-refractivity contribution < 1.29 is 9.59 Å². The Morgan fingerprint density at radius 2 is 1.79 bits per heavy atom. The molecule has 2 amide bonds. The van der Waals surface area contributed by atoms with Crippen LogP contribution in [0.5, 0.6) is 0 Å². The van der Waals surface area contributed by atoms with Gasteiger partial charge in [0.25, 0.3) is 5.91 Å². The molecule has 0 radical (unpaired) electrons. The molecule has 5 nitrogen and oxygen atoms in total. The Hall–Kier alpha value is -2.99. The van der Waals surface area contributed by atoms with Crippen molar-refractivity contribution in [2.24, 2.45) is 0 Å². The summed E-state index contributed by atoms with van der Waals surface area (Å²) in [6.45, 7) is 6.06. The molecule has 0 saturated heterocycles. The number of aromatic nitrogens is 1. The van der Waals surface area contributed by atoms with Gasteiger partial charge in [-0.2, -0.15) is 0 Å². The zero-order valence-corrected chi connectivity index (χ0v) is 17.0. The van der Waals surface area contributed by atoms with E-state index in [4.69, 9.17) is 0 Å². The molecule has 0 spiro atoms. The number of benzene rings is 2. The first kappa shape index (κ1) is 19.8. The molecular formula is C22H23N3O2S. The quantitative estimate of drug-likeness (QED) is 0.654. The lowest BCUT2D eigenvalue weighted by molar-refractivity contribution is -0.114. The van der Waals surface area contributed by atoms with Crippen molar-refractivity contribution in [3.8, 4) is 10.6 Å². The van der Waals surface area contributed by atoms with Crippen LogP contribution in [0.25, 0.3) is 10.6 Å². The molecule has 2 aromatic carbocycles. The highest BCUT2D eigenvalue weighted by Gasteiger charge is 2.08. The number of hydrogen-bond acceptors (Lipinski definition) is 4. The maximum absolute atomic E-state index is 12.3. The minimum atomic E-state index is -0.0906. The number of nitrogens with one attached hydrogen (secondary N) is 2. The van der Waals surface area contributed by atoms with Crippen molar-refractivity contribution in [3.05, 3.63) is 70.2 Å². The maximum Gasteiger partial charge on any atom is 0.251 e. The molecule has 3 rings (SSSR count). The second kappa shape index (κ2) is 8.80. The fourth-order valence-corrected chi connectivity index (χ4v) is 3.60. The Morgan fingerprint density at radius 1 is 1.04 bits per heavy atom. The molecule has 0 atom stereocenters. The van der Waals surface area contributed by atoms with Crippen LogP contribution in [-0.4, -0.2) is 23.3 Å². The minimum absolute atomic E-state index is 0.0629. The van der Waals surface area contributed by atoms with E-state index in [1.54, 1.807) is 11.3 Å². The topological polar surface area (TPSA) is 71.1 Å². The van der Waals surface area contributed by atoms with Gasteiger partial charge >= 0.3 is 0 Å². The SMILES string of the molecule is CC(=O)Nc1ccc(-c2nc(CCNC(=O)c3ccc(C)c(C)c3)cs2)cc1. The predicted octanol–water partition coefficient (Wildman–Crippen LogP) is 4.36. The predicted molar refractivity (Wildman–Crippen MR) is 114 cm³/mol. The van der Waals surface area contributed by atoms with E-state index in [0.717, 1.165) is 27.5 Å². The molecule has 0 unspecified atom stereocenters. The molecule has 0 aliphatic rings. The number of aryl methyl sites for hydroxylation is 2. The highest BCUT2D eigenvalue weighted by atomic mass is 32.1. The van der Waals surface area contributed by atoms with E-state index in [-0.39, 0.29) is 11.8 Å². The van der Waals surface area contributed by atoms with Crippen molar-refractivity contribution in [2.75, 3.05) is 11.9 Å². The van der Waals surface area contributed by atoms with Crippen LogP contribution in [-0.2, 0) is 11.2 Å². The van der Waals surface area contributed by atoms with E-state index in [0.29, 0.717) is 18.5 Å². The molecule has 0 fully saturated rings. The van der Waals surface area contributed by atoms with Crippen LogP contribution in [0.15, 0.2) is 47.8 Å². The van der Waals surface area contributed by atoms with Crippen LogP contribution in [0.3, 0.4) is 0 Å². The number of carbonyl (C=O) groups excluding carboxylic acids is 2. The Kier molecular flexibility index (Phi) is 6.21. The largest absolute Gasteiger partial charge is 0.352 e. The lowest BCUT2D eigenvalue weighted by Crippen LogP contribution is -2.25. The maximum atomic E-state index is 12.3. The smallest absolute Gasteiger partial charge is 0.251 e. The van der Waals surface area contributed by atoms with Gasteiger partial charge in [-0.15, -0.1) is 11.3 Å². The van der Waals surface area contributed by atoms with Crippen molar-refractivity contribution in [1.82, 2.24) is 10.3 Å². The minimum Gasteiger partial charge on any atom is -0.352 e. The summed E-state index contributed by atoms with van der Waals surface area (Å²) in [5, 5.41) is 8.64. The number of anilines is 1. The molecule has 2 N–H and O–H groups in total. The van der Waals surface area contributed by atoms with E-state index < -0.39 is 0 Å². The molecule has 1 heterocycles. The summed E-state index contributed by atoms with van der Waals surface area (Å²) in [4.78, 5) is 28.0. The number of rotatable bonds is 6. The van der Waals surface area contributed by atoms with E-state index in [1.807, 2.05) is 61.7 Å². The summed E-state index contributed by atoms with van der Waals surface area (Å²) in [5.41, 5.74) is 5.69. The zero-order chi connectivity index (χ0) is 20.1. The van der Waals surface area contributed by atoms with E-state index in [1.165, 1.54) is 12.5 Å². The first-order valence-corrected chi connectivity index (χ1v) is 9.98. The number of hydrogen-bond donors (Lipinski definition) is 2. The van der Waals surface area contributed by atoms with Gasteiger partial charge in [0.1, 0.15) is 5.01 Å². The van der Waals surface area contributed by atoms with E-state index in [2.05, 4.69) is 15.6 Å². The second-order valence-electron chi connectivity index (χ2n) is 6.71. The van der Waals surface area contributed by atoms with Crippen LogP contribution in [0.2, 0.25) is 0 Å². The zero-order valence-electron chi connectivity index (χ0n) is 16.2. The molecule has 0 saturated carbocycles. The van der Waals surface area contributed by atoms with E-state index in [9.17, 15) is 9.59 Å². The number of nitrogens with zero attached hydrogens (tertiary/aromatic N) is 1. The van der Waals surface area contributed by atoms with E-state index >= 15 is 0 Å². The molecular weight excluding hydrogens is 370 g/mol. The van der Waals surface area contributed by atoms with Gasteiger partial charge in [-0.25, -0.2) is 4.98 Å². The number of thiazole rings is 1. The van der Waals surface area contributed by atoms with Gasteiger partial charge < -0.3 is 10.6 Å². The Bertz CT molecular complexity index is 993. The van der Waals surface area contributed by atoms with Crippen molar-refractivity contribution >= 4 is 28.8 Å². The highest BCUT2D eigenvalue weighted by Crippen LogP contribution is 2.25. The normalized spacial score (nSPS) is 10.5. The Morgan fingerprint density at radius 3 is 2.46 bits per heavy atom. The van der Waals surface area contributed by atoms with Crippen LogP contribution in [0.4, 0.5) is 5.69 Å². The standard InChI is InChI=1S/C22H23N3O2S/c1-14-4-5-18(12-15(14)2)21(27)23-11-10-20-13-28-22(25-20)17-6-8-19(9-7-17)24-16(3)26/h4-9,12-13H,10-11H2,1-3H3,(H,23,27)(H,24,26). The van der Waals surface area contributed by atoms with Crippen LogP contribution < -0.4 is 10.6 Å². The highest BCUT2D eigenvalue weighted by molar-refractivity contribution is 7.13. The number of carbonyl (C=O) groups is 2. The van der Waals surface area contributed by atoms with Gasteiger partial charge in [0.05, 0.1) is 5.69 Å². The molecule has 3 aromatic rings. The van der Waals surface area contributed by atoms with Gasteiger partial charge in [-0.3, -0.25) is 9.59 Å². The van der Waals surface area contributed by atoms with Gasteiger partial charge in [0.2, 0.25) is 5.91 Å².